The standard InChI is InChI=1S/C29H28FNO6/c1-17(32)31-15-18-4-3-5-20(12-18)36-25-11-9-24(30)29-23(25)8-10-26(29)37-21-6-7-22-19(13-28(33)34-2)16-35-27(22)14-21/h3-7,9,11-12,14,19,26H,8,10,13,15-16H2,1-2H3,(H,31,32)/t19-,26-/m1/s1. The third-order valence-corrected chi connectivity index (χ3v) is 6.69. The predicted molar refractivity (Wildman–Crippen MR) is 133 cm³/mol. The van der Waals surface area contributed by atoms with Crippen molar-refractivity contribution in [3.63, 3.8) is 0 Å². The van der Waals surface area contributed by atoms with Crippen molar-refractivity contribution in [3.05, 3.63) is 82.7 Å². The van der Waals surface area contributed by atoms with Gasteiger partial charge >= 0.3 is 5.97 Å². The molecule has 0 bridgehead atoms. The van der Waals surface area contributed by atoms with Crippen LogP contribution in [0, 0.1) is 5.82 Å². The zero-order valence-electron chi connectivity index (χ0n) is 20.7. The van der Waals surface area contributed by atoms with Crippen LogP contribution in [0.1, 0.15) is 54.0 Å². The van der Waals surface area contributed by atoms with Gasteiger partial charge in [0.25, 0.3) is 0 Å². The molecule has 1 aliphatic carbocycles. The van der Waals surface area contributed by atoms with Crippen LogP contribution >= 0.6 is 0 Å². The maximum absolute atomic E-state index is 15.0. The van der Waals surface area contributed by atoms with E-state index in [4.69, 9.17) is 18.9 Å². The molecule has 37 heavy (non-hydrogen) atoms. The predicted octanol–water partition coefficient (Wildman–Crippen LogP) is 5.36. The maximum atomic E-state index is 15.0. The average molecular weight is 506 g/mol. The minimum Gasteiger partial charge on any atom is -0.492 e. The molecule has 1 N–H and O–H groups in total. The van der Waals surface area contributed by atoms with E-state index in [1.54, 1.807) is 12.1 Å². The second kappa shape index (κ2) is 10.5. The SMILES string of the molecule is COC(=O)C[C@@H]1COc2cc(O[C@@H]3CCc4c(Oc5cccc(CNC(C)=O)c5)ccc(F)c43)ccc21. The molecule has 3 aromatic rings. The minimum atomic E-state index is -0.463. The molecule has 7 nitrogen and oxygen atoms in total. The second-order valence-corrected chi connectivity index (χ2v) is 9.23. The van der Waals surface area contributed by atoms with Crippen molar-refractivity contribution in [1.29, 1.82) is 0 Å². The molecule has 0 spiro atoms. The third kappa shape index (κ3) is 5.38. The van der Waals surface area contributed by atoms with Gasteiger partial charge in [-0.05, 0) is 48.7 Å². The normalized spacial score (nSPS) is 17.4. The third-order valence-electron chi connectivity index (χ3n) is 6.69. The highest BCUT2D eigenvalue weighted by molar-refractivity contribution is 5.72. The van der Waals surface area contributed by atoms with Crippen LogP contribution in [0.5, 0.6) is 23.0 Å². The van der Waals surface area contributed by atoms with Gasteiger partial charge in [0.15, 0.2) is 0 Å². The van der Waals surface area contributed by atoms with Gasteiger partial charge in [0, 0.05) is 42.1 Å². The molecule has 192 valence electrons. The lowest BCUT2D eigenvalue weighted by molar-refractivity contribution is -0.141. The van der Waals surface area contributed by atoms with E-state index in [0.29, 0.717) is 54.6 Å². The van der Waals surface area contributed by atoms with Crippen LogP contribution < -0.4 is 19.5 Å². The maximum Gasteiger partial charge on any atom is 0.306 e. The molecule has 0 saturated carbocycles. The monoisotopic (exact) mass is 505 g/mol. The van der Waals surface area contributed by atoms with Crippen molar-refractivity contribution >= 4 is 11.9 Å². The van der Waals surface area contributed by atoms with Gasteiger partial charge in [0.05, 0.1) is 20.1 Å². The largest absolute Gasteiger partial charge is 0.492 e. The Morgan fingerprint density at radius 2 is 1.97 bits per heavy atom. The molecule has 2 atom stereocenters. The van der Waals surface area contributed by atoms with Crippen molar-refractivity contribution in [3.8, 4) is 23.0 Å². The number of hydrogen-bond acceptors (Lipinski definition) is 6. The second-order valence-electron chi connectivity index (χ2n) is 9.23. The van der Waals surface area contributed by atoms with Crippen molar-refractivity contribution in [2.24, 2.45) is 0 Å². The Morgan fingerprint density at radius 1 is 1.11 bits per heavy atom. The topological polar surface area (TPSA) is 83.1 Å². The number of nitrogens with one attached hydrogen (secondary N) is 1. The molecule has 5 rings (SSSR count). The Labute approximate surface area is 214 Å². The van der Waals surface area contributed by atoms with Gasteiger partial charge in [-0.3, -0.25) is 9.59 Å². The molecule has 8 heteroatoms. The fraction of sp³-hybridized carbons (Fsp3) is 0.310. The van der Waals surface area contributed by atoms with E-state index in [-0.39, 0.29) is 30.0 Å². The molecule has 3 aromatic carbocycles. The summed E-state index contributed by atoms with van der Waals surface area (Å²) in [6.45, 7) is 2.28. The van der Waals surface area contributed by atoms with Gasteiger partial charge in [-0.2, -0.15) is 0 Å². The van der Waals surface area contributed by atoms with Crippen molar-refractivity contribution in [2.75, 3.05) is 13.7 Å². The number of carbonyl (C=O) groups is 2. The summed E-state index contributed by atoms with van der Waals surface area (Å²) in [6.07, 6.45) is 1.01. The van der Waals surface area contributed by atoms with E-state index in [1.165, 1.54) is 20.1 Å². The summed E-state index contributed by atoms with van der Waals surface area (Å²) < 4.78 is 37.9. The summed E-state index contributed by atoms with van der Waals surface area (Å²) in [5, 5.41) is 2.77. The van der Waals surface area contributed by atoms with Crippen molar-refractivity contribution in [1.82, 2.24) is 5.32 Å². The number of fused-ring (bicyclic) bond motifs is 2. The van der Waals surface area contributed by atoms with E-state index in [1.807, 2.05) is 36.4 Å². The van der Waals surface area contributed by atoms with Crippen LogP contribution in [0.25, 0.3) is 0 Å². The van der Waals surface area contributed by atoms with E-state index in [2.05, 4.69) is 5.32 Å². The number of ether oxygens (including phenoxy) is 4. The van der Waals surface area contributed by atoms with Crippen LogP contribution in [0.4, 0.5) is 4.39 Å². The molecule has 0 saturated heterocycles. The summed E-state index contributed by atoms with van der Waals surface area (Å²) >= 11 is 0. The molecule has 1 heterocycles. The minimum absolute atomic E-state index is 0.0578. The van der Waals surface area contributed by atoms with Crippen molar-refractivity contribution < 1.29 is 32.9 Å². The number of methoxy groups -OCH3 is 1. The first kappa shape index (κ1) is 24.6. The van der Waals surface area contributed by atoms with Crippen LogP contribution in [-0.2, 0) is 27.3 Å². The van der Waals surface area contributed by atoms with Gasteiger partial charge < -0.3 is 24.3 Å². The van der Waals surface area contributed by atoms with Gasteiger partial charge in [0.1, 0.15) is 34.9 Å². The smallest absolute Gasteiger partial charge is 0.306 e. The highest BCUT2D eigenvalue weighted by atomic mass is 19.1. The molecule has 0 radical (unpaired) electrons. The number of rotatable bonds is 8. The summed E-state index contributed by atoms with van der Waals surface area (Å²) in [5.41, 5.74) is 3.12. The van der Waals surface area contributed by atoms with Gasteiger partial charge in [0.2, 0.25) is 5.91 Å². The Morgan fingerprint density at radius 3 is 2.78 bits per heavy atom. The molecular formula is C29H28FNO6. The molecule has 2 aliphatic rings. The Kier molecular flexibility index (Phi) is 6.99. The van der Waals surface area contributed by atoms with Crippen molar-refractivity contribution in [2.45, 2.75) is 44.8 Å². The molecule has 1 aliphatic heterocycles. The lowest BCUT2D eigenvalue weighted by Crippen LogP contribution is -2.18. The number of esters is 1. The van der Waals surface area contributed by atoms with Gasteiger partial charge in [-0.1, -0.05) is 18.2 Å². The van der Waals surface area contributed by atoms with E-state index < -0.39 is 6.10 Å². The number of hydrogen-bond donors (Lipinski definition) is 1. The lowest BCUT2D eigenvalue weighted by Gasteiger charge is -2.17. The molecule has 1 amide bonds. The summed E-state index contributed by atoms with van der Waals surface area (Å²) in [4.78, 5) is 22.9. The quantitative estimate of drug-likeness (QED) is 0.415. The first-order valence-corrected chi connectivity index (χ1v) is 12.2. The number of halogens is 1. The zero-order valence-corrected chi connectivity index (χ0v) is 20.7. The Balaban J connectivity index is 1.32. The molecule has 0 fully saturated rings. The number of carbonyl (C=O) groups excluding carboxylic acids is 2. The first-order chi connectivity index (χ1) is 17.9. The fourth-order valence-corrected chi connectivity index (χ4v) is 4.88. The first-order valence-electron chi connectivity index (χ1n) is 12.2. The summed E-state index contributed by atoms with van der Waals surface area (Å²) in [6, 6.07) is 16.0. The van der Waals surface area contributed by atoms with Gasteiger partial charge in [-0.15, -0.1) is 0 Å². The number of amides is 1. The van der Waals surface area contributed by atoms with Crippen LogP contribution in [-0.4, -0.2) is 25.6 Å². The summed E-state index contributed by atoms with van der Waals surface area (Å²) in [5.74, 6) is 1.66. The Bertz CT molecular complexity index is 1340. The molecular weight excluding hydrogens is 477 g/mol. The van der Waals surface area contributed by atoms with E-state index in [0.717, 1.165) is 16.7 Å². The highest BCUT2D eigenvalue weighted by Gasteiger charge is 2.32. The average Bonchev–Trinajstić information content (AvgIpc) is 3.49. The van der Waals surface area contributed by atoms with E-state index in [9.17, 15) is 14.0 Å². The molecule has 0 unspecified atom stereocenters. The zero-order chi connectivity index (χ0) is 25.9. The van der Waals surface area contributed by atoms with Crippen LogP contribution in [0.3, 0.4) is 0 Å². The fourth-order valence-electron chi connectivity index (χ4n) is 4.88. The molecule has 0 aromatic heterocycles. The number of benzene rings is 3. The summed E-state index contributed by atoms with van der Waals surface area (Å²) in [7, 11) is 1.37. The van der Waals surface area contributed by atoms with Gasteiger partial charge in [-0.25, -0.2) is 4.39 Å². The Hall–Kier alpha value is -4.07. The van der Waals surface area contributed by atoms with E-state index >= 15 is 0 Å². The van der Waals surface area contributed by atoms with Crippen LogP contribution in [0.15, 0.2) is 54.6 Å². The van der Waals surface area contributed by atoms with Crippen LogP contribution in [0.2, 0.25) is 0 Å². The lowest BCUT2D eigenvalue weighted by atomic mass is 9.98. The highest BCUT2D eigenvalue weighted by Crippen LogP contribution is 2.44.